The van der Waals surface area contributed by atoms with E-state index in [-0.39, 0.29) is 11.9 Å². The van der Waals surface area contributed by atoms with Gasteiger partial charge in [0, 0.05) is 19.6 Å². The third kappa shape index (κ3) is 4.66. The molecule has 2 fully saturated rings. The van der Waals surface area contributed by atoms with Gasteiger partial charge in [-0.15, -0.1) is 5.10 Å². The molecule has 0 saturated carbocycles. The monoisotopic (exact) mass is 500 g/mol. The summed E-state index contributed by atoms with van der Waals surface area (Å²) < 4.78 is 15.8. The number of piperidine rings is 1. The number of halogens is 1. The molecule has 4 aromatic rings. The van der Waals surface area contributed by atoms with Crippen molar-refractivity contribution in [2.24, 2.45) is 5.92 Å². The summed E-state index contributed by atoms with van der Waals surface area (Å²) in [6, 6.07) is 17.0. The number of hydrogen-bond donors (Lipinski definition) is 1. The summed E-state index contributed by atoms with van der Waals surface area (Å²) in [6.07, 6.45) is 5.71. The van der Waals surface area contributed by atoms with Crippen LogP contribution in [0, 0.1) is 11.7 Å². The van der Waals surface area contributed by atoms with Crippen LogP contribution in [0.1, 0.15) is 51.1 Å². The van der Waals surface area contributed by atoms with Gasteiger partial charge in [0.05, 0.1) is 23.5 Å². The van der Waals surface area contributed by atoms with Crippen LogP contribution in [0.15, 0.2) is 60.8 Å². The number of imidazole rings is 1. The Morgan fingerprint density at radius 2 is 1.76 bits per heavy atom. The summed E-state index contributed by atoms with van der Waals surface area (Å²) in [4.78, 5) is 14.1. The predicted molar refractivity (Wildman–Crippen MR) is 143 cm³/mol. The van der Waals surface area contributed by atoms with E-state index < -0.39 is 5.60 Å². The van der Waals surface area contributed by atoms with Crippen molar-refractivity contribution in [2.75, 3.05) is 29.4 Å². The summed E-state index contributed by atoms with van der Waals surface area (Å²) in [5, 5.41) is 15.4. The summed E-state index contributed by atoms with van der Waals surface area (Å²) in [5.41, 5.74) is 2.75. The maximum absolute atomic E-state index is 13.9. The molecule has 0 bridgehead atoms. The smallest absolute Gasteiger partial charge is 0.154 e. The number of aromatic nitrogens is 4. The molecule has 1 unspecified atom stereocenters. The van der Waals surface area contributed by atoms with Gasteiger partial charge in [-0.3, -0.25) is 0 Å². The van der Waals surface area contributed by atoms with Crippen LogP contribution in [-0.2, 0) is 0 Å². The third-order valence-electron chi connectivity index (χ3n) is 7.94. The second-order valence-electron chi connectivity index (χ2n) is 10.8. The van der Waals surface area contributed by atoms with Crippen LogP contribution in [0.3, 0.4) is 0 Å². The second-order valence-corrected chi connectivity index (χ2v) is 10.8. The van der Waals surface area contributed by atoms with Gasteiger partial charge < -0.3 is 14.9 Å². The molecular formula is C29H33FN6O. The van der Waals surface area contributed by atoms with Crippen LogP contribution in [0.5, 0.6) is 0 Å². The number of aliphatic hydroxyl groups is 1. The predicted octanol–water partition coefficient (Wildman–Crippen LogP) is 5.26. The number of nitrogens with zero attached hydrogens (tertiary/aromatic N) is 6. The summed E-state index contributed by atoms with van der Waals surface area (Å²) >= 11 is 0. The average molecular weight is 501 g/mol. The number of rotatable bonds is 5. The summed E-state index contributed by atoms with van der Waals surface area (Å²) in [7, 11) is 0. The van der Waals surface area contributed by atoms with Crippen molar-refractivity contribution in [3.63, 3.8) is 0 Å². The van der Waals surface area contributed by atoms with E-state index in [0.717, 1.165) is 79.6 Å². The number of hydrogen-bond acceptors (Lipinski definition) is 6. The Balaban J connectivity index is 1.28. The largest absolute Gasteiger partial charge is 0.390 e. The van der Waals surface area contributed by atoms with E-state index in [1.54, 1.807) is 12.1 Å². The first-order chi connectivity index (χ1) is 17.9. The first-order valence-corrected chi connectivity index (χ1v) is 13.2. The maximum atomic E-state index is 13.9. The highest BCUT2D eigenvalue weighted by Gasteiger charge is 2.31. The van der Waals surface area contributed by atoms with Crippen molar-refractivity contribution in [3.05, 3.63) is 72.2 Å². The first-order valence-electron chi connectivity index (χ1n) is 13.2. The molecule has 0 amide bonds. The van der Waals surface area contributed by atoms with Crippen LogP contribution in [0.2, 0.25) is 0 Å². The third-order valence-corrected chi connectivity index (χ3v) is 7.94. The minimum Gasteiger partial charge on any atom is -0.390 e. The van der Waals surface area contributed by atoms with Crippen molar-refractivity contribution < 1.29 is 9.50 Å². The highest BCUT2D eigenvalue weighted by atomic mass is 19.1. The summed E-state index contributed by atoms with van der Waals surface area (Å²) in [5.74, 6) is 1.88. The Morgan fingerprint density at radius 1 is 0.946 bits per heavy atom. The van der Waals surface area contributed by atoms with Crippen molar-refractivity contribution in [3.8, 4) is 11.4 Å². The van der Waals surface area contributed by atoms with E-state index in [4.69, 9.17) is 10.1 Å². The van der Waals surface area contributed by atoms with Crippen LogP contribution >= 0.6 is 0 Å². The molecule has 3 aromatic heterocycles. The van der Waals surface area contributed by atoms with E-state index in [9.17, 15) is 9.50 Å². The molecule has 1 aromatic carbocycles. The summed E-state index contributed by atoms with van der Waals surface area (Å²) in [6.45, 7) is 6.42. The van der Waals surface area contributed by atoms with Gasteiger partial charge in [0.15, 0.2) is 5.65 Å². The van der Waals surface area contributed by atoms with Crippen molar-refractivity contribution in [2.45, 2.75) is 51.2 Å². The molecule has 0 aliphatic carbocycles. The molecule has 0 spiro atoms. The lowest BCUT2D eigenvalue weighted by Gasteiger charge is -2.38. The van der Waals surface area contributed by atoms with E-state index in [1.807, 2.05) is 61.0 Å². The van der Waals surface area contributed by atoms with E-state index >= 15 is 0 Å². The Labute approximate surface area is 216 Å². The molecule has 1 N–H and O–H groups in total. The molecule has 5 heterocycles. The lowest BCUT2D eigenvalue weighted by molar-refractivity contribution is 0.00646. The minimum absolute atomic E-state index is 0.0981. The zero-order valence-electron chi connectivity index (χ0n) is 21.4. The lowest BCUT2D eigenvalue weighted by Crippen LogP contribution is -2.42. The molecule has 1 atom stereocenters. The standard InChI is InChI=1S/C29H33FN6O/c1-29(2,37)21-13-16-34(17-14-21)27-10-4-8-23(32-27)25-19-31-26-11-12-28(33-36(25)26)35-15-5-9-24(35)20-6-3-7-22(30)18-20/h3-4,6-8,10-12,18-19,21,24,37H,5,9,13-17H2,1-2H3. The van der Waals surface area contributed by atoms with Crippen molar-refractivity contribution in [1.29, 1.82) is 0 Å². The number of pyridine rings is 1. The fourth-order valence-electron chi connectivity index (χ4n) is 5.85. The van der Waals surface area contributed by atoms with Crippen LogP contribution < -0.4 is 9.80 Å². The Hall–Kier alpha value is -3.52. The highest BCUT2D eigenvalue weighted by molar-refractivity contribution is 5.62. The molecule has 2 aliphatic heterocycles. The van der Waals surface area contributed by atoms with Gasteiger partial charge in [-0.25, -0.2) is 18.9 Å². The molecule has 37 heavy (non-hydrogen) atoms. The molecule has 2 saturated heterocycles. The van der Waals surface area contributed by atoms with Gasteiger partial charge >= 0.3 is 0 Å². The SMILES string of the molecule is CC(C)(O)C1CCN(c2cccc(-c3cnc4ccc(N5CCCC5c5cccc(F)c5)nn34)n2)CC1. The first kappa shape index (κ1) is 23.9. The van der Waals surface area contributed by atoms with Crippen LogP contribution in [0.25, 0.3) is 17.0 Å². The normalized spacial score (nSPS) is 19.2. The molecule has 192 valence electrons. The molecule has 2 aliphatic rings. The molecule has 6 rings (SSSR count). The molecular weight excluding hydrogens is 467 g/mol. The van der Waals surface area contributed by atoms with Gasteiger partial charge in [0.1, 0.15) is 23.1 Å². The zero-order valence-corrected chi connectivity index (χ0v) is 21.4. The highest BCUT2D eigenvalue weighted by Crippen LogP contribution is 2.36. The second kappa shape index (κ2) is 9.41. The van der Waals surface area contributed by atoms with E-state index in [0.29, 0.717) is 5.92 Å². The Morgan fingerprint density at radius 3 is 2.54 bits per heavy atom. The topological polar surface area (TPSA) is 69.8 Å². The van der Waals surface area contributed by atoms with E-state index in [2.05, 4.69) is 14.8 Å². The van der Waals surface area contributed by atoms with E-state index in [1.165, 1.54) is 6.07 Å². The number of fused-ring (bicyclic) bond motifs is 1. The minimum atomic E-state index is -0.649. The Kier molecular flexibility index (Phi) is 6.07. The van der Waals surface area contributed by atoms with Gasteiger partial charge in [-0.2, -0.15) is 0 Å². The fraction of sp³-hybridized carbons (Fsp3) is 0.414. The van der Waals surface area contributed by atoms with Crippen molar-refractivity contribution >= 4 is 17.3 Å². The van der Waals surface area contributed by atoms with Gasteiger partial charge in [-0.1, -0.05) is 18.2 Å². The molecule has 7 nitrogen and oxygen atoms in total. The molecule has 0 radical (unpaired) electrons. The fourth-order valence-corrected chi connectivity index (χ4v) is 5.85. The quantitative estimate of drug-likeness (QED) is 0.403. The van der Waals surface area contributed by atoms with Gasteiger partial charge in [0.2, 0.25) is 0 Å². The average Bonchev–Trinajstić information content (AvgIpc) is 3.56. The van der Waals surface area contributed by atoms with Gasteiger partial charge in [0.25, 0.3) is 0 Å². The van der Waals surface area contributed by atoms with Gasteiger partial charge in [-0.05, 0) is 87.4 Å². The Bertz CT molecular complexity index is 1410. The molecule has 8 heteroatoms. The maximum Gasteiger partial charge on any atom is 0.154 e. The van der Waals surface area contributed by atoms with Crippen LogP contribution in [0.4, 0.5) is 16.0 Å². The number of anilines is 2. The van der Waals surface area contributed by atoms with Crippen LogP contribution in [-0.4, -0.2) is 49.9 Å². The van der Waals surface area contributed by atoms with Crippen molar-refractivity contribution in [1.82, 2.24) is 19.6 Å². The zero-order chi connectivity index (χ0) is 25.6. The lowest BCUT2D eigenvalue weighted by atomic mass is 9.83. The number of benzene rings is 1.